The molecule has 0 spiro atoms. The average molecular weight is 289 g/mol. The van der Waals surface area contributed by atoms with Crippen LogP contribution in [0.5, 0.6) is 11.5 Å². The maximum absolute atomic E-state index is 13.5. The van der Waals surface area contributed by atoms with Gasteiger partial charge in [-0.1, -0.05) is 24.3 Å². The molecular formula is C17H20FNO2. The molecule has 1 N–H and O–H groups in total. The van der Waals surface area contributed by atoms with Gasteiger partial charge in [-0.2, -0.15) is 0 Å². The lowest BCUT2D eigenvalue weighted by Crippen LogP contribution is -2.19. The standard InChI is InChI=1S/C17H20FNO2/c1-19-15(10-13-6-4-5-7-16(13)20-2)12-8-9-14(18)17(11-12)21-3/h4-9,11,15,19H,10H2,1-3H3. The number of hydrogen-bond acceptors (Lipinski definition) is 3. The minimum Gasteiger partial charge on any atom is -0.496 e. The van der Waals surface area contributed by atoms with E-state index in [1.54, 1.807) is 19.2 Å². The molecule has 0 aromatic heterocycles. The van der Waals surface area contributed by atoms with Crippen molar-refractivity contribution in [2.45, 2.75) is 12.5 Å². The van der Waals surface area contributed by atoms with Gasteiger partial charge < -0.3 is 14.8 Å². The van der Waals surface area contributed by atoms with Gasteiger partial charge in [-0.25, -0.2) is 4.39 Å². The van der Waals surface area contributed by atoms with Crippen LogP contribution in [0.3, 0.4) is 0 Å². The molecule has 21 heavy (non-hydrogen) atoms. The Balaban J connectivity index is 2.27. The maximum atomic E-state index is 13.5. The van der Waals surface area contributed by atoms with Gasteiger partial charge >= 0.3 is 0 Å². The van der Waals surface area contributed by atoms with Crippen LogP contribution in [-0.4, -0.2) is 21.3 Å². The highest BCUT2D eigenvalue weighted by Gasteiger charge is 2.15. The van der Waals surface area contributed by atoms with E-state index in [2.05, 4.69) is 5.32 Å². The van der Waals surface area contributed by atoms with E-state index in [-0.39, 0.29) is 17.6 Å². The fourth-order valence-corrected chi connectivity index (χ4v) is 2.37. The summed E-state index contributed by atoms with van der Waals surface area (Å²) in [5.41, 5.74) is 2.07. The minimum atomic E-state index is -0.353. The molecule has 0 radical (unpaired) electrons. The Morgan fingerprint density at radius 3 is 2.43 bits per heavy atom. The summed E-state index contributed by atoms with van der Waals surface area (Å²) in [5.74, 6) is 0.757. The van der Waals surface area contributed by atoms with Crippen molar-refractivity contribution < 1.29 is 13.9 Å². The number of para-hydroxylation sites is 1. The van der Waals surface area contributed by atoms with Gasteiger partial charge in [0.1, 0.15) is 5.75 Å². The van der Waals surface area contributed by atoms with E-state index in [0.717, 1.165) is 23.3 Å². The van der Waals surface area contributed by atoms with Gasteiger partial charge in [-0.15, -0.1) is 0 Å². The molecule has 2 aromatic rings. The molecule has 4 heteroatoms. The van der Waals surface area contributed by atoms with E-state index in [1.807, 2.05) is 31.3 Å². The molecule has 0 saturated heterocycles. The van der Waals surface area contributed by atoms with Crippen LogP contribution in [0.4, 0.5) is 4.39 Å². The van der Waals surface area contributed by atoms with Gasteiger partial charge in [0.05, 0.1) is 14.2 Å². The molecule has 3 nitrogen and oxygen atoms in total. The molecular weight excluding hydrogens is 269 g/mol. The molecule has 112 valence electrons. The van der Waals surface area contributed by atoms with E-state index in [1.165, 1.54) is 13.2 Å². The highest BCUT2D eigenvalue weighted by molar-refractivity contribution is 5.37. The summed E-state index contributed by atoms with van der Waals surface area (Å²) in [6.45, 7) is 0. The molecule has 0 heterocycles. The number of benzene rings is 2. The van der Waals surface area contributed by atoms with Gasteiger partial charge in [0.2, 0.25) is 0 Å². The first-order chi connectivity index (χ1) is 10.2. The number of methoxy groups -OCH3 is 2. The predicted octanol–water partition coefficient (Wildman–Crippen LogP) is 3.35. The Morgan fingerprint density at radius 1 is 1.05 bits per heavy atom. The lowest BCUT2D eigenvalue weighted by molar-refractivity contribution is 0.384. The smallest absolute Gasteiger partial charge is 0.165 e. The number of nitrogens with one attached hydrogen (secondary N) is 1. The first kappa shape index (κ1) is 15.3. The van der Waals surface area contributed by atoms with Gasteiger partial charge in [0, 0.05) is 6.04 Å². The van der Waals surface area contributed by atoms with Gasteiger partial charge in [-0.3, -0.25) is 0 Å². The number of likely N-dealkylation sites (N-methyl/N-ethyl adjacent to an activating group) is 1. The second-order valence-corrected chi connectivity index (χ2v) is 4.75. The first-order valence-electron chi connectivity index (χ1n) is 6.82. The van der Waals surface area contributed by atoms with Crippen molar-refractivity contribution in [2.24, 2.45) is 0 Å². The summed E-state index contributed by atoms with van der Waals surface area (Å²) >= 11 is 0. The van der Waals surface area contributed by atoms with E-state index in [9.17, 15) is 4.39 Å². The summed E-state index contributed by atoms with van der Waals surface area (Å²) in [4.78, 5) is 0. The van der Waals surface area contributed by atoms with E-state index < -0.39 is 0 Å². The molecule has 0 bridgehead atoms. The Bertz CT molecular complexity index is 601. The average Bonchev–Trinajstić information content (AvgIpc) is 2.53. The topological polar surface area (TPSA) is 30.5 Å². The zero-order valence-electron chi connectivity index (χ0n) is 12.5. The third-order valence-corrected chi connectivity index (χ3v) is 3.54. The summed E-state index contributed by atoms with van der Waals surface area (Å²) in [6, 6.07) is 12.9. The zero-order chi connectivity index (χ0) is 15.2. The van der Waals surface area contributed by atoms with Crippen LogP contribution >= 0.6 is 0 Å². The van der Waals surface area contributed by atoms with E-state index in [0.29, 0.717) is 0 Å². The SMILES string of the molecule is CNC(Cc1ccccc1OC)c1ccc(F)c(OC)c1. The normalized spacial score (nSPS) is 12.0. The second-order valence-electron chi connectivity index (χ2n) is 4.75. The molecule has 0 saturated carbocycles. The molecule has 2 rings (SSSR count). The van der Waals surface area contributed by atoms with Crippen molar-refractivity contribution in [1.82, 2.24) is 5.32 Å². The van der Waals surface area contributed by atoms with Crippen molar-refractivity contribution in [3.63, 3.8) is 0 Å². The van der Waals surface area contributed by atoms with Crippen LogP contribution in [0.2, 0.25) is 0 Å². The summed E-state index contributed by atoms with van der Waals surface area (Å²) in [6.07, 6.45) is 0.745. The highest BCUT2D eigenvalue weighted by Crippen LogP contribution is 2.27. The molecule has 1 unspecified atom stereocenters. The number of rotatable bonds is 6. The van der Waals surface area contributed by atoms with Crippen LogP contribution in [0.25, 0.3) is 0 Å². The van der Waals surface area contributed by atoms with Crippen molar-refractivity contribution in [3.05, 3.63) is 59.4 Å². The van der Waals surface area contributed by atoms with Crippen molar-refractivity contribution >= 4 is 0 Å². The maximum Gasteiger partial charge on any atom is 0.165 e. The van der Waals surface area contributed by atoms with Gasteiger partial charge in [0.15, 0.2) is 11.6 Å². The van der Waals surface area contributed by atoms with Gasteiger partial charge in [0.25, 0.3) is 0 Å². The summed E-state index contributed by atoms with van der Waals surface area (Å²) < 4.78 is 23.9. The van der Waals surface area contributed by atoms with Crippen LogP contribution < -0.4 is 14.8 Å². The third-order valence-electron chi connectivity index (χ3n) is 3.54. The molecule has 1 atom stereocenters. The summed E-state index contributed by atoms with van der Waals surface area (Å²) in [5, 5.41) is 3.26. The van der Waals surface area contributed by atoms with E-state index >= 15 is 0 Å². The predicted molar refractivity (Wildman–Crippen MR) is 81.5 cm³/mol. The van der Waals surface area contributed by atoms with Crippen LogP contribution in [0.1, 0.15) is 17.2 Å². The minimum absolute atomic E-state index is 0.0517. The Morgan fingerprint density at radius 2 is 1.76 bits per heavy atom. The van der Waals surface area contributed by atoms with E-state index in [4.69, 9.17) is 9.47 Å². The molecule has 0 fully saturated rings. The zero-order valence-corrected chi connectivity index (χ0v) is 12.5. The monoisotopic (exact) mass is 289 g/mol. The lowest BCUT2D eigenvalue weighted by Gasteiger charge is -2.19. The molecule has 0 aliphatic rings. The number of hydrogen-bond donors (Lipinski definition) is 1. The summed E-state index contributed by atoms with van der Waals surface area (Å²) in [7, 11) is 5.01. The third kappa shape index (κ3) is 3.52. The molecule has 0 amide bonds. The van der Waals surface area contributed by atoms with Crippen molar-refractivity contribution in [2.75, 3.05) is 21.3 Å². The number of ether oxygens (including phenoxy) is 2. The van der Waals surface area contributed by atoms with Crippen molar-refractivity contribution in [1.29, 1.82) is 0 Å². The highest BCUT2D eigenvalue weighted by atomic mass is 19.1. The van der Waals surface area contributed by atoms with Crippen LogP contribution in [-0.2, 0) is 6.42 Å². The van der Waals surface area contributed by atoms with Crippen LogP contribution in [0, 0.1) is 5.82 Å². The molecule has 0 aliphatic carbocycles. The Labute approximate surface area is 124 Å². The lowest BCUT2D eigenvalue weighted by atomic mass is 9.98. The fourth-order valence-electron chi connectivity index (χ4n) is 2.37. The first-order valence-corrected chi connectivity index (χ1v) is 6.82. The van der Waals surface area contributed by atoms with Crippen LogP contribution in [0.15, 0.2) is 42.5 Å². The Hall–Kier alpha value is -2.07. The largest absolute Gasteiger partial charge is 0.496 e. The number of halogens is 1. The second kappa shape index (κ2) is 7.09. The molecule has 2 aromatic carbocycles. The fraction of sp³-hybridized carbons (Fsp3) is 0.294. The van der Waals surface area contributed by atoms with Crippen molar-refractivity contribution in [3.8, 4) is 11.5 Å². The molecule has 0 aliphatic heterocycles. The van der Waals surface area contributed by atoms with Gasteiger partial charge in [-0.05, 0) is 42.8 Å². The Kier molecular flexibility index (Phi) is 5.17. The quantitative estimate of drug-likeness (QED) is 0.884.